The second-order valence-electron chi connectivity index (χ2n) is 7.65. The molecule has 2 aromatic heterocycles. The number of nitrogens with one attached hydrogen (secondary N) is 1. The Hall–Kier alpha value is -2.77. The number of anilines is 1. The average Bonchev–Trinajstić information content (AvgIpc) is 3.33. The number of rotatable bonds is 6. The molecular weight excluding hydrogens is 366 g/mol. The predicted molar refractivity (Wildman–Crippen MR) is 115 cm³/mol. The molecule has 0 saturated carbocycles. The van der Waals surface area contributed by atoms with Crippen molar-refractivity contribution in [3.63, 3.8) is 0 Å². The van der Waals surface area contributed by atoms with E-state index in [0.29, 0.717) is 18.5 Å². The van der Waals surface area contributed by atoms with Gasteiger partial charge in [0.25, 0.3) is 0 Å². The Morgan fingerprint density at radius 2 is 2.21 bits per heavy atom. The largest absolute Gasteiger partial charge is 0.383 e. The molecule has 1 aromatic carbocycles. The van der Waals surface area contributed by atoms with E-state index in [-0.39, 0.29) is 13.4 Å². The number of carbonyl (C=O) groups excluding carboxylic acids is 1. The van der Waals surface area contributed by atoms with Crippen molar-refractivity contribution >= 4 is 17.1 Å². The molecule has 7 nitrogen and oxygen atoms in total. The molecular formula is C22H29N5O2. The first kappa shape index (κ1) is 19.5. The highest BCUT2D eigenvalue weighted by molar-refractivity contribution is 5.95. The lowest BCUT2D eigenvalue weighted by atomic mass is 10.1. The van der Waals surface area contributed by atoms with E-state index in [2.05, 4.69) is 27.2 Å². The van der Waals surface area contributed by atoms with Gasteiger partial charge in [-0.15, -0.1) is 5.10 Å². The minimum atomic E-state index is -0.127. The maximum Gasteiger partial charge on any atom is 0.241 e. The average molecular weight is 396 g/mol. The van der Waals surface area contributed by atoms with E-state index >= 15 is 0 Å². The van der Waals surface area contributed by atoms with Crippen LogP contribution in [-0.4, -0.2) is 57.8 Å². The third-order valence-corrected chi connectivity index (χ3v) is 5.71. The second-order valence-corrected chi connectivity index (χ2v) is 7.65. The van der Waals surface area contributed by atoms with Crippen LogP contribution in [0.5, 0.6) is 0 Å². The lowest BCUT2D eigenvalue weighted by Gasteiger charge is -2.27. The van der Waals surface area contributed by atoms with E-state index in [4.69, 9.17) is 4.74 Å². The van der Waals surface area contributed by atoms with Crippen LogP contribution in [0.3, 0.4) is 0 Å². The third-order valence-electron chi connectivity index (χ3n) is 5.71. The lowest BCUT2D eigenvalue weighted by Crippen LogP contribution is -2.44. The van der Waals surface area contributed by atoms with Gasteiger partial charge in [0.15, 0.2) is 5.82 Å². The first-order valence-corrected chi connectivity index (χ1v) is 10.0. The Bertz CT molecular complexity index is 1020. The smallest absolute Gasteiger partial charge is 0.241 e. The monoisotopic (exact) mass is 395 g/mol. The van der Waals surface area contributed by atoms with Gasteiger partial charge in [-0.25, -0.2) is 9.50 Å². The number of nitrogens with zero attached hydrogens (tertiary/aromatic N) is 4. The zero-order valence-corrected chi connectivity index (χ0v) is 17.1. The number of ether oxygens (including phenoxy) is 1. The molecule has 154 valence electrons. The Balaban J connectivity index is 0.00000256. The fourth-order valence-electron chi connectivity index (χ4n) is 4.02. The van der Waals surface area contributed by atoms with Crippen molar-refractivity contribution in [2.75, 3.05) is 25.6 Å². The van der Waals surface area contributed by atoms with Crippen molar-refractivity contribution in [1.82, 2.24) is 19.5 Å². The van der Waals surface area contributed by atoms with Crippen molar-refractivity contribution < 1.29 is 11.0 Å². The number of amides is 1. The molecule has 1 aliphatic heterocycles. The van der Waals surface area contributed by atoms with E-state index in [9.17, 15) is 4.79 Å². The minimum Gasteiger partial charge on any atom is -0.383 e. The van der Waals surface area contributed by atoms with E-state index in [1.54, 1.807) is 17.8 Å². The summed E-state index contributed by atoms with van der Waals surface area (Å²) in [7, 11) is 1.69. The first-order chi connectivity index (χ1) is 14.1. The molecule has 0 spiro atoms. The summed E-state index contributed by atoms with van der Waals surface area (Å²) < 4.78 is 7.02. The highest BCUT2D eigenvalue weighted by Gasteiger charge is 2.35. The number of carbonyl (C=O) groups is 1. The number of hydrogen-bond donors (Lipinski definition) is 1. The minimum absolute atomic E-state index is 0. The molecule has 1 amide bonds. The first-order valence-electron chi connectivity index (χ1n) is 10.0. The Morgan fingerprint density at radius 3 is 3.03 bits per heavy atom. The molecule has 1 unspecified atom stereocenters. The SMILES string of the molecule is COCCN1C(C)CC[C@H]1C(=O)Nc1ccc(C)c(-c2ncc3cccn3n2)c1.[HH]. The number of hydrogen-bond acceptors (Lipinski definition) is 5. The van der Waals surface area contributed by atoms with Crippen LogP contribution in [0.25, 0.3) is 16.9 Å². The molecule has 1 fully saturated rings. The van der Waals surface area contributed by atoms with Crippen molar-refractivity contribution in [2.24, 2.45) is 0 Å². The van der Waals surface area contributed by atoms with E-state index in [1.807, 2.05) is 43.5 Å². The second kappa shape index (κ2) is 8.31. The van der Waals surface area contributed by atoms with Gasteiger partial charge in [0.05, 0.1) is 24.4 Å². The van der Waals surface area contributed by atoms with Crippen molar-refractivity contribution in [3.8, 4) is 11.4 Å². The maximum atomic E-state index is 13.0. The number of aryl methyl sites for hydroxylation is 1. The van der Waals surface area contributed by atoms with Crippen LogP contribution in [0.1, 0.15) is 26.8 Å². The fourth-order valence-corrected chi connectivity index (χ4v) is 4.02. The van der Waals surface area contributed by atoms with Gasteiger partial charge in [-0.1, -0.05) is 6.07 Å². The zero-order valence-electron chi connectivity index (χ0n) is 17.1. The van der Waals surface area contributed by atoms with Crippen LogP contribution >= 0.6 is 0 Å². The normalized spacial score (nSPS) is 19.7. The highest BCUT2D eigenvalue weighted by Crippen LogP contribution is 2.27. The highest BCUT2D eigenvalue weighted by atomic mass is 16.5. The molecule has 0 radical (unpaired) electrons. The van der Waals surface area contributed by atoms with Gasteiger partial charge in [-0.05, 0) is 56.5 Å². The predicted octanol–water partition coefficient (Wildman–Crippen LogP) is 3.39. The standard InChI is InChI=1S/C22H27N5O2.H2/c1-15-6-8-17(13-19(15)21-23-14-18-5-4-10-27(18)25-21)24-22(28)20-9-7-16(2)26(20)11-12-29-3;/h4-6,8,10,13-14,16,20H,7,9,11-12H2,1-3H3,(H,24,28);1H/t16?,20-;/m0./s1. The van der Waals surface area contributed by atoms with Gasteiger partial charge in [0.1, 0.15) is 0 Å². The molecule has 1 saturated heterocycles. The Labute approximate surface area is 172 Å². The van der Waals surface area contributed by atoms with Crippen LogP contribution in [0.2, 0.25) is 0 Å². The summed E-state index contributed by atoms with van der Waals surface area (Å²) in [5.74, 6) is 0.667. The quantitative estimate of drug-likeness (QED) is 0.693. The van der Waals surface area contributed by atoms with Crippen molar-refractivity contribution in [2.45, 2.75) is 38.8 Å². The molecule has 3 aromatic rings. The van der Waals surface area contributed by atoms with E-state index in [1.165, 1.54) is 0 Å². The summed E-state index contributed by atoms with van der Waals surface area (Å²) in [4.78, 5) is 19.7. The number of aromatic nitrogens is 3. The number of likely N-dealkylation sites (tertiary alicyclic amines) is 1. The molecule has 2 atom stereocenters. The van der Waals surface area contributed by atoms with Crippen molar-refractivity contribution in [1.29, 1.82) is 0 Å². The summed E-state index contributed by atoms with van der Waals surface area (Å²) in [6.45, 7) is 5.58. The number of fused-ring (bicyclic) bond motifs is 1. The summed E-state index contributed by atoms with van der Waals surface area (Å²) in [6.07, 6.45) is 5.59. The summed E-state index contributed by atoms with van der Waals surface area (Å²) in [5.41, 5.74) is 3.68. The maximum absolute atomic E-state index is 13.0. The fraction of sp³-hybridized carbons (Fsp3) is 0.409. The van der Waals surface area contributed by atoms with Crippen LogP contribution < -0.4 is 5.32 Å². The topological polar surface area (TPSA) is 71.8 Å². The molecule has 7 heteroatoms. The Kier molecular flexibility index (Phi) is 5.60. The van der Waals surface area contributed by atoms with Gasteiger partial charge < -0.3 is 10.1 Å². The summed E-state index contributed by atoms with van der Waals surface area (Å²) in [6, 6.07) is 10.0. The van der Waals surface area contributed by atoms with Gasteiger partial charge in [0.2, 0.25) is 5.91 Å². The molecule has 29 heavy (non-hydrogen) atoms. The molecule has 1 aliphatic rings. The van der Waals surface area contributed by atoms with Crippen molar-refractivity contribution in [3.05, 3.63) is 48.3 Å². The lowest BCUT2D eigenvalue weighted by molar-refractivity contribution is -0.120. The Morgan fingerprint density at radius 1 is 1.34 bits per heavy atom. The summed E-state index contributed by atoms with van der Waals surface area (Å²) >= 11 is 0. The molecule has 0 bridgehead atoms. The van der Waals surface area contributed by atoms with Gasteiger partial charge >= 0.3 is 0 Å². The number of benzene rings is 1. The molecule has 0 aliphatic carbocycles. The molecule has 3 heterocycles. The van der Waals surface area contributed by atoms with Crippen LogP contribution in [0, 0.1) is 6.92 Å². The van der Waals surface area contributed by atoms with E-state index < -0.39 is 0 Å². The van der Waals surface area contributed by atoms with E-state index in [0.717, 1.165) is 41.7 Å². The van der Waals surface area contributed by atoms with Gasteiger partial charge in [-0.2, -0.15) is 0 Å². The van der Waals surface area contributed by atoms with Gasteiger partial charge in [0, 0.05) is 38.6 Å². The molecule has 4 rings (SSSR count). The van der Waals surface area contributed by atoms with Gasteiger partial charge in [-0.3, -0.25) is 9.69 Å². The van der Waals surface area contributed by atoms with Crippen LogP contribution in [-0.2, 0) is 9.53 Å². The third kappa shape index (κ3) is 4.02. The molecule has 1 N–H and O–H groups in total. The zero-order chi connectivity index (χ0) is 20.4. The van der Waals surface area contributed by atoms with Crippen LogP contribution in [0.4, 0.5) is 5.69 Å². The summed E-state index contributed by atoms with van der Waals surface area (Å²) in [5, 5.41) is 7.69. The number of methoxy groups -OCH3 is 1. The van der Waals surface area contributed by atoms with Crippen LogP contribution in [0.15, 0.2) is 42.7 Å².